The molecule has 1 N–H and O–H groups in total. The Balaban J connectivity index is 3.15. The van der Waals surface area contributed by atoms with Gasteiger partial charge in [-0.15, -0.1) is 0 Å². The second-order valence-electron chi connectivity index (χ2n) is 4.66. The van der Waals surface area contributed by atoms with Crippen LogP contribution in [-0.4, -0.2) is 16.5 Å². The Bertz CT molecular complexity index is 503. The van der Waals surface area contributed by atoms with E-state index in [1.807, 2.05) is 0 Å². The van der Waals surface area contributed by atoms with E-state index in [1.54, 1.807) is 33.0 Å². The summed E-state index contributed by atoms with van der Waals surface area (Å²) in [6, 6.07) is 4.60. The van der Waals surface area contributed by atoms with Gasteiger partial charge in [-0.2, -0.15) is 5.26 Å². The van der Waals surface area contributed by atoms with Gasteiger partial charge in [-0.3, -0.25) is 4.79 Å². The van der Waals surface area contributed by atoms with Gasteiger partial charge >= 0.3 is 0 Å². The fourth-order valence-corrected chi connectivity index (χ4v) is 1.85. The molecule has 1 amide bonds. The van der Waals surface area contributed by atoms with Crippen LogP contribution in [-0.2, 0) is 0 Å². The molecule has 6 heteroatoms. The second-order valence-corrected chi connectivity index (χ2v) is 5.50. The van der Waals surface area contributed by atoms with Crippen LogP contribution >= 0.6 is 23.2 Å². The third-order valence-corrected chi connectivity index (χ3v) is 2.75. The minimum Gasteiger partial charge on any atom is -0.267 e. The maximum Gasteiger partial charge on any atom is 0.274 e. The van der Waals surface area contributed by atoms with E-state index in [1.165, 1.54) is 17.1 Å². The Morgan fingerprint density at radius 1 is 1.39 bits per heavy atom. The third-order valence-electron chi connectivity index (χ3n) is 2.20. The van der Waals surface area contributed by atoms with Gasteiger partial charge in [-0.25, -0.2) is 10.4 Å². The number of rotatable bonds is 2. The molecule has 0 unspecified atom stereocenters. The van der Waals surface area contributed by atoms with Crippen LogP contribution in [0.3, 0.4) is 0 Å². The maximum absolute atomic E-state index is 12.3. The third kappa shape index (κ3) is 3.28. The summed E-state index contributed by atoms with van der Waals surface area (Å²) < 4.78 is 0. The summed E-state index contributed by atoms with van der Waals surface area (Å²) in [5.74, 6) is -0.384. The fraction of sp³-hybridized carbons (Fsp3) is 0.333. The van der Waals surface area contributed by atoms with Gasteiger partial charge in [-0.05, 0) is 39.0 Å². The van der Waals surface area contributed by atoms with Crippen LogP contribution in [0.15, 0.2) is 18.2 Å². The lowest BCUT2D eigenvalue weighted by Crippen LogP contribution is -2.52. The molecule has 0 heterocycles. The molecule has 0 saturated heterocycles. The minimum atomic E-state index is -0.560. The first-order valence-corrected chi connectivity index (χ1v) is 5.97. The molecule has 0 atom stereocenters. The molecule has 0 saturated carbocycles. The minimum absolute atomic E-state index is 0.251. The van der Waals surface area contributed by atoms with Gasteiger partial charge in [0.2, 0.25) is 0 Å². The van der Waals surface area contributed by atoms with E-state index in [0.29, 0.717) is 10.6 Å². The smallest absolute Gasteiger partial charge is 0.267 e. The van der Waals surface area contributed by atoms with Gasteiger partial charge in [0, 0.05) is 5.02 Å². The van der Waals surface area contributed by atoms with E-state index in [9.17, 15) is 4.79 Å². The van der Waals surface area contributed by atoms with Gasteiger partial charge in [0.05, 0.1) is 16.1 Å². The fourth-order valence-electron chi connectivity index (χ4n) is 1.36. The number of hydrogen-bond donors (Lipinski definition) is 1. The van der Waals surface area contributed by atoms with Crippen molar-refractivity contribution in [2.24, 2.45) is 0 Å². The molecule has 0 aliphatic heterocycles. The molecule has 18 heavy (non-hydrogen) atoms. The first kappa shape index (κ1) is 14.6. The van der Waals surface area contributed by atoms with Gasteiger partial charge in [-0.1, -0.05) is 23.2 Å². The normalized spacial score (nSPS) is 10.7. The van der Waals surface area contributed by atoms with Crippen molar-refractivity contribution in [2.75, 3.05) is 0 Å². The number of carbonyl (C=O) groups excluding carboxylic acids is 1. The number of nitrogens with zero attached hydrogens (tertiary/aromatic N) is 2. The molecule has 0 aliphatic rings. The molecule has 0 aromatic heterocycles. The molecule has 96 valence electrons. The van der Waals surface area contributed by atoms with Crippen molar-refractivity contribution in [2.45, 2.75) is 26.3 Å². The van der Waals surface area contributed by atoms with Crippen molar-refractivity contribution in [1.29, 1.82) is 5.26 Å². The number of halogens is 2. The monoisotopic (exact) mass is 285 g/mol. The lowest BCUT2D eigenvalue weighted by atomic mass is 10.1. The van der Waals surface area contributed by atoms with Crippen LogP contribution in [0.2, 0.25) is 10.0 Å². The van der Waals surface area contributed by atoms with E-state index in [4.69, 9.17) is 28.5 Å². The van der Waals surface area contributed by atoms with E-state index in [2.05, 4.69) is 5.43 Å². The molecule has 0 aliphatic carbocycles. The van der Waals surface area contributed by atoms with E-state index in [-0.39, 0.29) is 10.9 Å². The van der Waals surface area contributed by atoms with Crippen molar-refractivity contribution >= 4 is 29.1 Å². The Morgan fingerprint density at radius 2 is 2.00 bits per heavy atom. The highest BCUT2D eigenvalue weighted by molar-refractivity contribution is 6.36. The molecule has 0 fully saturated rings. The first-order valence-electron chi connectivity index (χ1n) is 5.21. The second kappa shape index (κ2) is 5.47. The lowest BCUT2D eigenvalue weighted by molar-refractivity contribution is 0.0481. The zero-order valence-corrected chi connectivity index (χ0v) is 11.8. The first-order chi connectivity index (χ1) is 8.27. The molecular formula is C12H13Cl2N3O. The van der Waals surface area contributed by atoms with Crippen LogP contribution in [0.5, 0.6) is 0 Å². The molecule has 1 aromatic rings. The zero-order chi connectivity index (χ0) is 13.9. The SMILES string of the molecule is CC(C)(C)N(NC#N)C(=O)c1ccc(Cl)cc1Cl. The highest BCUT2D eigenvalue weighted by atomic mass is 35.5. The molecular weight excluding hydrogens is 273 g/mol. The van der Waals surface area contributed by atoms with Crippen molar-refractivity contribution in [3.63, 3.8) is 0 Å². The summed E-state index contributed by atoms with van der Waals surface area (Å²) in [5.41, 5.74) is 2.09. The topological polar surface area (TPSA) is 56.1 Å². The Labute approximate surface area is 116 Å². The standard InChI is InChI=1S/C12H13Cl2N3O/c1-12(2,3)17(16-7-15)11(18)9-5-4-8(13)6-10(9)14/h4-6,16H,1-3H3. The summed E-state index contributed by atoms with van der Waals surface area (Å²) in [6.07, 6.45) is 1.74. The Kier molecular flexibility index (Phi) is 4.44. The van der Waals surface area contributed by atoms with Crippen LogP contribution in [0.25, 0.3) is 0 Å². The lowest BCUT2D eigenvalue weighted by Gasteiger charge is -2.33. The van der Waals surface area contributed by atoms with Crippen molar-refractivity contribution in [1.82, 2.24) is 10.4 Å². The maximum atomic E-state index is 12.3. The predicted octanol–water partition coefficient (Wildman–Crippen LogP) is 3.22. The molecule has 0 spiro atoms. The van der Waals surface area contributed by atoms with E-state index < -0.39 is 5.54 Å². The summed E-state index contributed by atoms with van der Waals surface area (Å²) in [4.78, 5) is 12.3. The predicted molar refractivity (Wildman–Crippen MR) is 71.1 cm³/mol. The van der Waals surface area contributed by atoms with Crippen LogP contribution < -0.4 is 5.43 Å². The summed E-state index contributed by atoms with van der Waals surface area (Å²) >= 11 is 11.8. The molecule has 0 bridgehead atoms. The summed E-state index contributed by atoms with van der Waals surface area (Å²) in [5, 5.41) is 10.6. The highest BCUT2D eigenvalue weighted by Gasteiger charge is 2.28. The number of benzene rings is 1. The molecule has 1 aromatic carbocycles. The van der Waals surface area contributed by atoms with Gasteiger partial charge in [0.15, 0.2) is 6.19 Å². The number of hydrazine groups is 1. The number of nitriles is 1. The average molecular weight is 286 g/mol. The van der Waals surface area contributed by atoms with Gasteiger partial charge in [0.1, 0.15) is 0 Å². The van der Waals surface area contributed by atoms with Gasteiger partial charge < -0.3 is 0 Å². The number of carbonyl (C=O) groups is 1. The van der Waals surface area contributed by atoms with E-state index in [0.717, 1.165) is 0 Å². The number of nitrogens with one attached hydrogen (secondary N) is 1. The molecule has 4 nitrogen and oxygen atoms in total. The number of amides is 1. The van der Waals surface area contributed by atoms with Gasteiger partial charge in [0.25, 0.3) is 5.91 Å². The highest BCUT2D eigenvalue weighted by Crippen LogP contribution is 2.24. The number of hydrogen-bond acceptors (Lipinski definition) is 3. The Hall–Kier alpha value is -1.44. The Morgan fingerprint density at radius 3 is 2.44 bits per heavy atom. The van der Waals surface area contributed by atoms with Crippen LogP contribution in [0, 0.1) is 11.5 Å². The van der Waals surface area contributed by atoms with Crippen molar-refractivity contribution in [3.8, 4) is 6.19 Å². The van der Waals surface area contributed by atoms with E-state index >= 15 is 0 Å². The summed E-state index contributed by atoms with van der Waals surface area (Å²) in [7, 11) is 0. The van der Waals surface area contributed by atoms with Crippen LogP contribution in [0.1, 0.15) is 31.1 Å². The summed E-state index contributed by atoms with van der Waals surface area (Å²) in [6.45, 7) is 5.41. The average Bonchev–Trinajstić information content (AvgIpc) is 2.23. The quantitative estimate of drug-likeness (QED) is 0.516. The zero-order valence-electron chi connectivity index (χ0n) is 10.3. The molecule has 0 radical (unpaired) electrons. The van der Waals surface area contributed by atoms with Crippen molar-refractivity contribution in [3.05, 3.63) is 33.8 Å². The van der Waals surface area contributed by atoms with Crippen molar-refractivity contribution < 1.29 is 4.79 Å². The van der Waals surface area contributed by atoms with Crippen LogP contribution in [0.4, 0.5) is 0 Å². The molecule has 1 rings (SSSR count). The largest absolute Gasteiger partial charge is 0.274 e.